The van der Waals surface area contributed by atoms with Crippen LogP contribution in [0.1, 0.15) is 92.2 Å². The maximum Gasteiger partial charge on any atom is 0.408 e. The lowest BCUT2D eigenvalue weighted by Crippen LogP contribution is -2.55. The average molecular weight is 492 g/mol. The highest BCUT2D eigenvalue weighted by molar-refractivity contribution is 5.92. The van der Waals surface area contributed by atoms with Gasteiger partial charge in [0.15, 0.2) is 0 Å². The number of alkyl carbamates (subject to hydrolysis) is 1. The lowest BCUT2D eigenvalue weighted by atomic mass is 9.98. The van der Waals surface area contributed by atoms with Gasteiger partial charge in [-0.3, -0.25) is 9.59 Å². The molecule has 0 saturated carbocycles. The predicted molar refractivity (Wildman–Crippen MR) is 138 cm³/mol. The van der Waals surface area contributed by atoms with E-state index in [-0.39, 0.29) is 23.5 Å². The molecule has 2 atom stereocenters. The van der Waals surface area contributed by atoms with Gasteiger partial charge in [-0.2, -0.15) is 0 Å². The van der Waals surface area contributed by atoms with Crippen molar-refractivity contribution in [1.29, 1.82) is 0 Å². The average Bonchev–Trinajstić information content (AvgIpc) is 2.77. The lowest BCUT2D eigenvalue weighted by molar-refractivity contribution is -0.143. The van der Waals surface area contributed by atoms with Gasteiger partial charge in [-0.1, -0.05) is 59.1 Å². The molecule has 0 aromatic heterocycles. The van der Waals surface area contributed by atoms with Crippen LogP contribution in [0.2, 0.25) is 0 Å². The Morgan fingerprint density at radius 2 is 1.60 bits per heavy atom. The molecule has 0 saturated heterocycles. The van der Waals surface area contributed by atoms with Crippen LogP contribution in [0.25, 0.3) is 0 Å². The number of benzene rings is 1. The molecule has 0 spiro atoms. The summed E-state index contributed by atoms with van der Waals surface area (Å²) in [4.78, 5) is 41.4. The third kappa shape index (κ3) is 10.6. The van der Waals surface area contributed by atoms with E-state index in [1.807, 2.05) is 20.8 Å². The summed E-state index contributed by atoms with van der Waals surface area (Å²) in [5.74, 6) is -0.779. The zero-order chi connectivity index (χ0) is 26.6. The molecule has 0 bridgehead atoms. The standard InChI is InChI=1S/C27H45N3O5/c1-8-10-12-17-28-24(32)23(20-13-15-21(31)16-14-20)30(18-11-9-2)25(33)22(19(3)4)29-26(34)35-27(5,6)7/h13-16,19,22-23,31H,8-12,17-18H2,1-7H3,(H,28,32)(H,29,34). The molecule has 8 heteroatoms. The van der Waals surface area contributed by atoms with E-state index in [1.54, 1.807) is 37.8 Å². The number of nitrogens with zero attached hydrogens (tertiary/aromatic N) is 1. The van der Waals surface area contributed by atoms with Crippen molar-refractivity contribution in [2.75, 3.05) is 13.1 Å². The first kappa shape index (κ1) is 30.3. The monoisotopic (exact) mass is 491 g/mol. The van der Waals surface area contributed by atoms with Gasteiger partial charge < -0.3 is 25.4 Å². The van der Waals surface area contributed by atoms with E-state index in [4.69, 9.17) is 4.74 Å². The van der Waals surface area contributed by atoms with E-state index >= 15 is 0 Å². The number of unbranched alkanes of at least 4 members (excludes halogenated alkanes) is 3. The minimum absolute atomic E-state index is 0.0777. The number of carbonyl (C=O) groups is 3. The SMILES string of the molecule is CCCCCNC(=O)C(c1ccc(O)cc1)N(CCCC)C(=O)C(NC(=O)OC(C)(C)C)C(C)C. The fourth-order valence-electron chi connectivity index (χ4n) is 3.63. The fraction of sp³-hybridized carbons (Fsp3) is 0.667. The van der Waals surface area contributed by atoms with Gasteiger partial charge in [0.25, 0.3) is 0 Å². The van der Waals surface area contributed by atoms with Crippen molar-refractivity contribution in [3.05, 3.63) is 29.8 Å². The van der Waals surface area contributed by atoms with Gasteiger partial charge >= 0.3 is 6.09 Å². The number of phenols is 1. The summed E-state index contributed by atoms with van der Waals surface area (Å²) in [5.41, 5.74) is -0.108. The Hall–Kier alpha value is -2.77. The van der Waals surface area contributed by atoms with Crippen LogP contribution < -0.4 is 10.6 Å². The number of carbonyl (C=O) groups excluding carboxylic acids is 3. The molecule has 2 unspecified atom stereocenters. The van der Waals surface area contributed by atoms with Crippen molar-refractivity contribution in [2.45, 2.75) is 98.3 Å². The molecule has 3 amide bonds. The van der Waals surface area contributed by atoms with E-state index in [9.17, 15) is 19.5 Å². The van der Waals surface area contributed by atoms with Crippen LogP contribution in [-0.2, 0) is 14.3 Å². The maximum atomic E-state index is 13.9. The van der Waals surface area contributed by atoms with Gasteiger partial charge in [0.05, 0.1) is 0 Å². The molecule has 0 aliphatic rings. The molecular weight excluding hydrogens is 446 g/mol. The Morgan fingerprint density at radius 3 is 2.11 bits per heavy atom. The summed E-state index contributed by atoms with van der Waals surface area (Å²) >= 11 is 0. The minimum Gasteiger partial charge on any atom is -0.508 e. The van der Waals surface area contributed by atoms with Crippen molar-refractivity contribution in [3.8, 4) is 5.75 Å². The predicted octanol–water partition coefficient (Wildman–Crippen LogP) is 4.92. The van der Waals surface area contributed by atoms with Gasteiger partial charge in [-0.25, -0.2) is 4.79 Å². The van der Waals surface area contributed by atoms with Crippen LogP contribution in [0.3, 0.4) is 0 Å². The molecule has 1 rings (SSSR count). The van der Waals surface area contributed by atoms with E-state index < -0.39 is 23.8 Å². The van der Waals surface area contributed by atoms with Crippen molar-refractivity contribution >= 4 is 17.9 Å². The Labute approximate surface area is 210 Å². The number of ether oxygens (including phenoxy) is 1. The summed E-state index contributed by atoms with van der Waals surface area (Å²) < 4.78 is 5.38. The Kier molecular flexibility index (Phi) is 12.6. The molecular formula is C27H45N3O5. The van der Waals surface area contributed by atoms with Crippen molar-refractivity contribution in [2.24, 2.45) is 5.92 Å². The second kappa shape index (κ2) is 14.6. The molecule has 3 N–H and O–H groups in total. The summed E-state index contributed by atoms with van der Waals surface area (Å²) in [6, 6.07) is 4.57. The largest absolute Gasteiger partial charge is 0.508 e. The highest BCUT2D eigenvalue weighted by Gasteiger charge is 2.37. The molecule has 8 nitrogen and oxygen atoms in total. The third-order valence-electron chi connectivity index (χ3n) is 5.49. The first-order valence-electron chi connectivity index (χ1n) is 12.8. The highest BCUT2D eigenvalue weighted by Crippen LogP contribution is 2.26. The van der Waals surface area contributed by atoms with Crippen LogP contribution in [0.15, 0.2) is 24.3 Å². The summed E-state index contributed by atoms with van der Waals surface area (Å²) in [6.45, 7) is 13.9. The molecule has 1 aromatic carbocycles. The van der Waals surface area contributed by atoms with Crippen molar-refractivity contribution in [1.82, 2.24) is 15.5 Å². The van der Waals surface area contributed by atoms with Gasteiger partial charge in [0.2, 0.25) is 11.8 Å². The summed E-state index contributed by atoms with van der Waals surface area (Å²) in [5, 5.41) is 15.5. The molecule has 35 heavy (non-hydrogen) atoms. The molecule has 1 aromatic rings. The van der Waals surface area contributed by atoms with E-state index in [1.165, 1.54) is 12.1 Å². The Bertz CT molecular complexity index is 802. The quantitative estimate of drug-likeness (QED) is 0.340. The number of nitrogens with one attached hydrogen (secondary N) is 2. The van der Waals surface area contributed by atoms with Gasteiger partial charge in [0, 0.05) is 13.1 Å². The van der Waals surface area contributed by atoms with Crippen LogP contribution in [0.4, 0.5) is 4.79 Å². The molecule has 0 aliphatic heterocycles. The number of amides is 3. The van der Waals surface area contributed by atoms with Gasteiger partial charge in [-0.15, -0.1) is 0 Å². The lowest BCUT2D eigenvalue weighted by Gasteiger charge is -2.35. The van der Waals surface area contributed by atoms with Crippen LogP contribution in [0.5, 0.6) is 5.75 Å². The van der Waals surface area contributed by atoms with Gasteiger partial charge in [-0.05, 0) is 57.2 Å². The molecule has 0 heterocycles. The molecule has 0 fully saturated rings. The molecule has 0 radical (unpaired) electrons. The smallest absolute Gasteiger partial charge is 0.408 e. The number of hydrogen-bond acceptors (Lipinski definition) is 5. The number of hydrogen-bond donors (Lipinski definition) is 3. The van der Waals surface area contributed by atoms with Gasteiger partial charge in [0.1, 0.15) is 23.4 Å². The normalized spacial score (nSPS) is 13.1. The molecule has 0 aliphatic carbocycles. The minimum atomic E-state index is -0.891. The van der Waals surface area contributed by atoms with Crippen LogP contribution in [0, 0.1) is 5.92 Å². The number of aromatic hydroxyl groups is 1. The highest BCUT2D eigenvalue weighted by atomic mass is 16.6. The second-order valence-corrected chi connectivity index (χ2v) is 10.2. The summed E-state index contributed by atoms with van der Waals surface area (Å²) in [6.07, 6.45) is 3.73. The Balaban J connectivity index is 3.34. The third-order valence-corrected chi connectivity index (χ3v) is 5.49. The van der Waals surface area contributed by atoms with E-state index in [0.717, 1.165) is 25.7 Å². The summed E-state index contributed by atoms with van der Waals surface area (Å²) in [7, 11) is 0. The van der Waals surface area contributed by atoms with Crippen LogP contribution in [-0.4, -0.2) is 52.6 Å². The fourth-order valence-corrected chi connectivity index (χ4v) is 3.63. The van der Waals surface area contributed by atoms with E-state index in [2.05, 4.69) is 17.6 Å². The second-order valence-electron chi connectivity index (χ2n) is 10.2. The zero-order valence-electron chi connectivity index (χ0n) is 22.5. The zero-order valence-corrected chi connectivity index (χ0v) is 22.5. The van der Waals surface area contributed by atoms with Crippen molar-refractivity contribution in [3.63, 3.8) is 0 Å². The Morgan fingerprint density at radius 1 is 1.00 bits per heavy atom. The number of phenolic OH excluding ortho intramolecular Hbond substituents is 1. The maximum absolute atomic E-state index is 13.9. The topological polar surface area (TPSA) is 108 Å². The van der Waals surface area contributed by atoms with Crippen LogP contribution >= 0.6 is 0 Å². The number of rotatable bonds is 13. The van der Waals surface area contributed by atoms with Crippen molar-refractivity contribution < 1.29 is 24.2 Å². The molecule has 198 valence electrons. The first-order chi connectivity index (χ1) is 16.4. The first-order valence-corrected chi connectivity index (χ1v) is 12.8. The van der Waals surface area contributed by atoms with E-state index in [0.29, 0.717) is 25.1 Å².